The first kappa shape index (κ1) is 13.7. The highest BCUT2D eigenvalue weighted by atomic mass is 35.5. The van der Waals surface area contributed by atoms with Crippen LogP contribution >= 0.6 is 12.4 Å². The number of hydrogen-bond acceptors (Lipinski definition) is 2. The monoisotopic (exact) mass is 248 g/mol. The Morgan fingerprint density at radius 2 is 2.00 bits per heavy atom. The van der Waals surface area contributed by atoms with Crippen molar-refractivity contribution in [3.8, 4) is 0 Å². The van der Waals surface area contributed by atoms with E-state index < -0.39 is 0 Å². The van der Waals surface area contributed by atoms with E-state index in [-0.39, 0.29) is 18.4 Å². The van der Waals surface area contributed by atoms with Crippen LogP contribution < -0.4 is 5.73 Å². The number of para-hydroxylation sites is 1. The van der Waals surface area contributed by atoms with Crippen molar-refractivity contribution in [3.05, 3.63) is 54.7 Å². The summed E-state index contributed by atoms with van der Waals surface area (Å²) in [5.74, 6) is 0. The number of nitrogens with zero attached hydrogens (tertiary/aromatic N) is 1. The molecule has 1 atom stereocenters. The van der Waals surface area contributed by atoms with Crippen LogP contribution in [0.5, 0.6) is 0 Å². The molecule has 0 saturated carbocycles. The third-order valence-electron chi connectivity index (χ3n) is 2.68. The van der Waals surface area contributed by atoms with Crippen LogP contribution in [-0.4, -0.2) is 4.98 Å². The number of pyridine rings is 1. The Morgan fingerprint density at radius 1 is 1.24 bits per heavy atom. The molecule has 0 amide bonds. The van der Waals surface area contributed by atoms with Crippen molar-refractivity contribution in [3.63, 3.8) is 0 Å². The molecule has 0 aliphatic carbocycles. The summed E-state index contributed by atoms with van der Waals surface area (Å²) in [4.78, 5) is 4.57. The van der Waals surface area contributed by atoms with Crippen molar-refractivity contribution in [2.24, 2.45) is 5.73 Å². The van der Waals surface area contributed by atoms with Crippen LogP contribution in [0.1, 0.15) is 24.6 Å². The van der Waals surface area contributed by atoms with Crippen molar-refractivity contribution in [2.75, 3.05) is 0 Å². The fourth-order valence-electron chi connectivity index (χ4n) is 1.73. The second-order valence-corrected chi connectivity index (χ2v) is 3.90. The van der Waals surface area contributed by atoms with Gasteiger partial charge in [-0.25, -0.2) is 0 Å². The normalized spacial score (nSPS) is 11.8. The number of aromatic nitrogens is 1. The maximum atomic E-state index is 6.06. The Hall–Kier alpha value is -1.38. The summed E-state index contributed by atoms with van der Waals surface area (Å²) < 4.78 is 0. The van der Waals surface area contributed by atoms with Gasteiger partial charge in [0.2, 0.25) is 0 Å². The predicted molar refractivity (Wildman–Crippen MR) is 75.4 cm³/mol. The topological polar surface area (TPSA) is 38.9 Å². The smallest absolute Gasteiger partial charge is 0.0706 e. The third kappa shape index (κ3) is 3.29. The van der Waals surface area contributed by atoms with E-state index in [1.807, 2.05) is 30.3 Å². The SMILES string of the molecule is C=CCC[C@@H](N)c1ccc2ccccc2n1.Cl. The number of nitrogens with two attached hydrogens (primary N) is 1. The van der Waals surface area contributed by atoms with Crippen LogP contribution in [0.2, 0.25) is 0 Å². The molecular formula is C14H17ClN2. The summed E-state index contributed by atoms with van der Waals surface area (Å²) in [6, 6.07) is 12.2. The lowest BCUT2D eigenvalue weighted by molar-refractivity contribution is 0.645. The zero-order chi connectivity index (χ0) is 11.4. The van der Waals surface area contributed by atoms with Gasteiger partial charge in [0, 0.05) is 11.4 Å². The van der Waals surface area contributed by atoms with Gasteiger partial charge in [0.05, 0.1) is 11.2 Å². The second kappa shape index (κ2) is 6.38. The van der Waals surface area contributed by atoms with Crippen LogP contribution in [0.4, 0.5) is 0 Å². The molecule has 2 N–H and O–H groups in total. The van der Waals surface area contributed by atoms with E-state index in [1.165, 1.54) is 0 Å². The van der Waals surface area contributed by atoms with Gasteiger partial charge in [0.1, 0.15) is 0 Å². The van der Waals surface area contributed by atoms with Crippen molar-refractivity contribution in [1.29, 1.82) is 0 Å². The minimum Gasteiger partial charge on any atom is -0.323 e. The van der Waals surface area contributed by atoms with Gasteiger partial charge in [-0.2, -0.15) is 0 Å². The van der Waals surface area contributed by atoms with E-state index in [0.29, 0.717) is 0 Å². The molecule has 1 aromatic carbocycles. The highest BCUT2D eigenvalue weighted by Gasteiger charge is 2.06. The van der Waals surface area contributed by atoms with Crippen molar-refractivity contribution < 1.29 is 0 Å². The molecular weight excluding hydrogens is 232 g/mol. The molecule has 3 heteroatoms. The third-order valence-corrected chi connectivity index (χ3v) is 2.68. The first-order valence-corrected chi connectivity index (χ1v) is 5.53. The molecule has 0 fully saturated rings. The maximum absolute atomic E-state index is 6.06. The molecule has 0 radical (unpaired) electrons. The minimum absolute atomic E-state index is 0. The van der Waals surface area contributed by atoms with Crippen molar-refractivity contribution in [2.45, 2.75) is 18.9 Å². The summed E-state index contributed by atoms with van der Waals surface area (Å²) >= 11 is 0. The van der Waals surface area contributed by atoms with E-state index in [9.17, 15) is 0 Å². The molecule has 2 rings (SSSR count). The summed E-state index contributed by atoms with van der Waals surface area (Å²) in [5.41, 5.74) is 8.03. The lowest BCUT2D eigenvalue weighted by Crippen LogP contribution is -2.11. The van der Waals surface area contributed by atoms with Gasteiger partial charge in [-0.05, 0) is 25.0 Å². The van der Waals surface area contributed by atoms with Crippen LogP contribution in [0, 0.1) is 0 Å². The summed E-state index contributed by atoms with van der Waals surface area (Å²) in [6.45, 7) is 3.70. The van der Waals surface area contributed by atoms with Gasteiger partial charge >= 0.3 is 0 Å². The molecule has 17 heavy (non-hydrogen) atoms. The largest absolute Gasteiger partial charge is 0.323 e. The average molecular weight is 249 g/mol. The van der Waals surface area contributed by atoms with Crippen LogP contribution in [-0.2, 0) is 0 Å². The molecule has 0 aliphatic rings. The summed E-state index contributed by atoms with van der Waals surface area (Å²) in [6.07, 6.45) is 3.71. The van der Waals surface area contributed by atoms with Crippen LogP contribution in [0.25, 0.3) is 10.9 Å². The molecule has 0 saturated heterocycles. The minimum atomic E-state index is 0. The Kier molecular flexibility index (Phi) is 5.13. The molecule has 90 valence electrons. The molecule has 1 heterocycles. The van der Waals surface area contributed by atoms with Crippen molar-refractivity contribution >= 4 is 23.3 Å². The van der Waals surface area contributed by atoms with Gasteiger partial charge in [0.25, 0.3) is 0 Å². The van der Waals surface area contributed by atoms with Gasteiger partial charge in [-0.3, -0.25) is 4.98 Å². The van der Waals surface area contributed by atoms with Gasteiger partial charge in [-0.15, -0.1) is 19.0 Å². The van der Waals surface area contributed by atoms with Crippen LogP contribution in [0.15, 0.2) is 49.1 Å². The van der Waals surface area contributed by atoms with E-state index in [0.717, 1.165) is 29.4 Å². The maximum Gasteiger partial charge on any atom is 0.0706 e. The van der Waals surface area contributed by atoms with Gasteiger partial charge < -0.3 is 5.73 Å². The first-order valence-electron chi connectivity index (χ1n) is 5.53. The number of allylic oxidation sites excluding steroid dienone is 1. The highest BCUT2D eigenvalue weighted by Crippen LogP contribution is 2.18. The van der Waals surface area contributed by atoms with E-state index in [4.69, 9.17) is 5.73 Å². The Morgan fingerprint density at radius 3 is 2.76 bits per heavy atom. The highest BCUT2D eigenvalue weighted by molar-refractivity contribution is 5.85. The quantitative estimate of drug-likeness (QED) is 0.840. The molecule has 0 spiro atoms. The number of halogens is 1. The molecule has 0 bridgehead atoms. The fraction of sp³-hybridized carbons (Fsp3) is 0.214. The van der Waals surface area contributed by atoms with E-state index in [1.54, 1.807) is 0 Å². The zero-order valence-electron chi connectivity index (χ0n) is 9.67. The molecule has 0 unspecified atom stereocenters. The molecule has 2 aromatic rings. The average Bonchev–Trinajstić information content (AvgIpc) is 2.35. The summed E-state index contributed by atoms with van der Waals surface area (Å²) in [5, 5.41) is 1.15. The predicted octanol–water partition coefficient (Wildman–Crippen LogP) is 3.62. The number of hydrogen-bond donors (Lipinski definition) is 1. The number of fused-ring (bicyclic) bond motifs is 1. The molecule has 0 aliphatic heterocycles. The zero-order valence-corrected chi connectivity index (χ0v) is 10.5. The second-order valence-electron chi connectivity index (χ2n) is 3.90. The van der Waals surface area contributed by atoms with E-state index in [2.05, 4.69) is 23.7 Å². The van der Waals surface area contributed by atoms with Crippen molar-refractivity contribution in [1.82, 2.24) is 4.98 Å². The van der Waals surface area contributed by atoms with Crippen LogP contribution in [0.3, 0.4) is 0 Å². The van der Waals surface area contributed by atoms with Gasteiger partial charge in [-0.1, -0.05) is 30.3 Å². The first-order chi connectivity index (χ1) is 7.81. The molecule has 1 aromatic heterocycles. The standard InChI is InChI=1S/C14H16N2.ClH/c1-2-3-7-12(15)14-10-9-11-6-4-5-8-13(11)16-14;/h2,4-6,8-10,12H,1,3,7,15H2;1H/t12-;/m1./s1. The summed E-state index contributed by atoms with van der Waals surface area (Å²) in [7, 11) is 0. The number of rotatable bonds is 4. The van der Waals surface area contributed by atoms with Gasteiger partial charge in [0.15, 0.2) is 0 Å². The Balaban J connectivity index is 0.00000144. The molecule has 2 nitrogen and oxygen atoms in total. The van der Waals surface area contributed by atoms with E-state index >= 15 is 0 Å². The lowest BCUT2D eigenvalue weighted by Gasteiger charge is -2.10. The lowest BCUT2D eigenvalue weighted by atomic mass is 10.1. The Bertz CT molecular complexity index is 496. The number of benzene rings is 1. The Labute approximate surface area is 108 Å². The fourth-order valence-corrected chi connectivity index (χ4v) is 1.73.